The van der Waals surface area contributed by atoms with Crippen molar-refractivity contribution in [2.45, 2.75) is 26.5 Å². The Bertz CT molecular complexity index is 491. The molecule has 1 unspecified atom stereocenters. The Morgan fingerprint density at radius 1 is 1.53 bits per heavy atom. The molecule has 0 saturated carbocycles. The molecule has 1 N–H and O–H groups in total. The first-order valence-corrected chi connectivity index (χ1v) is 5.35. The molecule has 3 nitrogen and oxygen atoms in total. The molecule has 2 aromatic rings. The summed E-state index contributed by atoms with van der Waals surface area (Å²) >= 11 is 6.12. The molecule has 0 saturated heterocycles. The van der Waals surface area contributed by atoms with Gasteiger partial charge in [-0.25, -0.2) is 4.98 Å². The van der Waals surface area contributed by atoms with Crippen molar-refractivity contribution >= 4 is 22.6 Å². The van der Waals surface area contributed by atoms with E-state index in [-0.39, 0.29) is 0 Å². The minimum atomic E-state index is -0.576. The van der Waals surface area contributed by atoms with E-state index in [1.807, 2.05) is 29.7 Å². The highest BCUT2D eigenvalue weighted by atomic mass is 35.5. The van der Waals surface area contributed by atoms with E-state index < -0.39 is 6.10 Å². The predicted molar refractivity (Wildman–Crippen MR) is 61.1 cm³/mol. The molecular formula is C11H13ClN2O. The maximum Gasteiger partial charge on any atom is 0.138 e. The number of imidazole rings is 1. The summed E-state index contributed by atoms with van der Waals surface area (Å²) in [7, 11) is 0. The second-order valence-electron chi connectivity index (χ2n) is 3.50. The van der Waals surface area contributed by atoms with E-state index in [1.54, 1.807) is 6.92 Å². The van der Waals surface area contributed by atoms with Crippen LogP contribution in [0.3, 0.4) is 0 Å². The van der Waals surface area contributed by atoms with Crippen LogP contribution in [-0.2, 0) is 6.54 Å². The number of halogens is 1. The quantitative estimate of drug-likeness (QED) is 0.852. The molecule has 1 atom stereocenters. The molecule has 4 heteroatoms. The summed E-state index contributed by atoms with van der Waals surface area (Å²) in [4.78, 5) is 4.37. The number of aryl methyl sites for hydroxylation is 1. The van der Waals surface area contributed by atoms with Crippen molar-refractivity contribution in [3.63, 3.8) is 0 Å². The van der Waals surface area contributed by atoms with Crippen LogP contribution in [-0.4, -0.2) is 14.7 Å². The van der Waals surface area contributed by atoms with Gasteiger partial charge in [0.1, 0.15) is 11.9 Å². The van der Waals surface area contributed by atoms with Gasteiger partial charge in [-0.15, -0.1) is 0 Å². The number of rotatable bonds is 2. The number of para-hydroxylation sites is 1. The third-order valence-corrected chi connectivity index (χ3v) is 2.74. The summed E-state index contributed by atoms with van der Waals surface area (Å²) in [5.74, 6) is 0.667. The average molecular weight is 225 g/mol. The average Bonchev–Trinajstić information content (AvgIpc) is 2.57. The molecule has 0 aliphatic carbocycles. The van der Waals surface area contributed by atoms with E-state index in [0.717, 1.165) is 17.6 Å². The Labute approximate surface area is 93.3 Å². The van der Waals surface area contributed by atoms with Crippen LogP contribution in [0.5, 0.6) is 0 Å². The van der Waals surface area contributed by atoms with E-state index in [4.69, 9.17) is 11.6 Å². The van der Waals surface area contributed by atoms with Crippen molar-refractivity contribution < 1.29 is 5.11 Å². The standard InChI is InChI=1S/C11H13ClN2O/c1-3-14-10-8(12)5-4-6-9(10)13-11(14)7(2)15/h4-7,15H,3H2,1-2H3. The highest BCUT2D eigenvalue weighted by Crippen LogP contribution is 2.26. The zero-order valence-corrected chi connectivity index (χ0v) is 9.49. The maximum absolute atomic E-state index is 9.60. The number of benzene rings is 1. The Kier molecular flexibility index (Phi) is 2.67. The Morgan fingerprint density at radius 3 is 2.87 bits per heavy atom. The molecule has 1 aromatic carbocycles. The van der Waals surface area contributed by atoms with Crippen molar-refractivity contribution in [1.29, 1.82) is 0 Å². The van der Waals surface area contributed by atoms with E-state index >= 15 is 0 Å². The van der Waals surface area contributed by atoms with Gasteiger partial charge in [0.05, 0.1) is 16.1 Å². The fourth-order valence-electron chi connectivity index (χ4n) is 1.80. The molecule has 0 radical (unpaired) electrons. The van der Waals surface area contributed by atoms with Gasteiger partial charge in [0.2, 0.25) is 0 Å². The molecule has 0 spiro atoms. The first-order chi connectivity index (χ1) is 7.15. The zero-order chi connectivity index (χ0) is 11.0. The number of aromatic nitrogens is 2. The second-order valence-corrected chi connectivity index (χ2v) is 3.91. The minimum Gasteiger partial charge on any atom is -0.385 e. The van der Waals surface area contributed by atoms with Gasteiger partial charge >= 0.3 is 0 Å². The lowest BCUT2D eigenvalue weighted by molar-refractivity contribution is 0.185. The molecule has 1 heterocycles. The lowest BCUT2D eigenvalue weighted by Crippen LogP contribution is -2.05. The van der Waals surface area contributed by atoms with E-state index in [9.17, 15) is 5.11 Å². The summed E-state index contributed by atoms with van der Waals surface area (Å²) in [5.41, 5.74) is 1.73. The molecule has 0 amide bonds. The SMILES string of the molecule is CCn1c(C(C)O)nc2cccc(Cl)c21. The zero-order valence-electron chi connectivity index (χ0n) is 8.74. The molecule has 2 rings (SSSR count). The van der Waals surface area contributed by atoms with Crippen LogP contribution in [0, 0.1) is 0 Å². The van der Waals surface area contributed by atoms with E-state index in [2.05, 4.69) is 4.98 Å². The number of aliphatic hydroxyl groups excluding tert-OH is 1. The van der Waals surface area contributed by atoms with Crippen LogP contribution in [0.4, 0.5) is 0 Å². The van der Waals surface area contributed by atoms with Gasteiger partial charge in [-0.2, -0.15) is 0 Å². The lowest BCUT2D eigenvalue weighted by Gasteiger charge is -2.08. The fourth-order valence-corrected chi connectivity index (χ4v) is 2.07. The third-order valence-electron chi connectivity index (χ3n) is 2.44. The Morgan fingerprint density at radius 2 is 2.27 bits per heavy atom. The summed E-state index contributed by atoms with van der Waals surface area (Å²) in [6.45, 7) is 4.47. The van der Waals surface area contributed by atoms with Crippen molar-refractivity contribution in [3.05, 3.63) is 29.0 Å². The van der Waals surface area contributed by atoms with Crippen molar-refractivity contribution in [2.75, 3.05) is 0 Å². The molecule has 80 valence electrons. The number of fused-ring (bicyclic) bond motifs is 1. The van der Waals surface area contributed by atoms with Gasteiger partial charge in [-0.3, -0.25) is 0 Å². The number of hydrogen-bond donors (Lipinski definition) is 1. The van der Waals surface area contributed by atoms with Gasteiger partial charge in [-0.05, 0) is 26.0 Å². The van der Waals surface area contributed by atoms with Crippen LogP contribution in [0.25, 0.3) is 11.0 Å². The van der Waals surface area contributed by atoms with Crippen molar-refractivity contribution in [1.82, 2.24) is 9.55 Å². The first-order valence-electron chi connectivity index (χ1n) is 4.97. The van der Waals surface area contributed by atoms with Gasteiger partial charge in [0.25, 0.3) is 0 Å². The van der Waals surface area contributed by atoms with Crippen molar-refractivity contribution in [2.24, 2.45) is 0 Å². The summed E-state index contributed by atoms with van der Waals surface area (Å²) in [6, 6.07) is 5.60. The lowest BCUT2D eigenvalue weighted by atomic mass is 10.3. The van der Waals surface area contributed by atoms with Crippen LogP contribution in [0.15, 0.2) is 18.2 Å². The van der Waals surface area contributed by atoms with Gasteiger partial charge in [0, 0.05) is 6.54 Å². The van der Waals surface area contributed by atoms with Gasteiger partial charge < -0.3 is 9.67 Å². The smallest absolute Gasteiger partial charge is 0.138 e. The third kappa shape index (κ3) is 1.62. The first kappa shape index (κ1) is 10.5. The normalized spacial score (nSPS) is 13.3. The Hall–Kier alpha value is -1.06. The summed E-state index contributed by atoms with van der Waals surface area (Å²) in [6.07, 6.45) is -0.576. The van der Waals surface area contributed by atoms with Crippen LogP contribution >= 0.6 is 11.6 Å². The van der Waals surface area contributed by atoms with Gasteiger partial charge in [-0.1, -0.05) is 17.7 Å². The topological polar surface area (TPSA) is 38.0 Å². The van der Waals surface area contributed by atoms with Crippen LogP contribution in [0.1, 0.15) is 25.8 Å². The maximum atomic E-state index is 9.60. The Balaban J connectivity index is 2.80. The van der Waals surface area contributed by atoms with E-state index in [0.29, 0.717) is 10.8 Å². The molecule has 0 fully saturated rings. The van der Waals surface area contributed by atoms with Gasteiger partial charge in [0.15, 0.2) is 0 Å². The monoisotopic (exact) mass is 224 g/mol. The second kappa shape index (κ2) is 3.83. The molecule has 1 aromatic heterocycles. The minimum absolute atomic E-state index is 0.576. The largest absolute Gasteiger partial charge is 0.385 e. The fraction of sp³-hybridized carbons (Fsp3) is 0.364. The molecule has 0 aliphatic heterocycles. The number of aliphatic hydroxyl groups is 1. The van der Waals surface area contributed by atoms with Crippen LogP contribution in [0.2, 0.25) is 5.02 Å². The molecule has 15 heavy (non-hydrogen) atoms. The van der Waals surface area contributed by atoms with E-state index in [1.165, 1.54) is 0 Å². The molecule has 0 aliphatic rings. The highest BCUT2D eigenvalue weighted by Gasteiger charge is 2.15. The summed E-state index contributed by atoms with van der Waals surface area (Å²) in [5, 5.41) is 10.3. The number of hydrogen-bond acceptors (Lipinski definition) is 2. The van der Waals surface area contributed by atoms with Crippen molar-refractivity contribution in [3.8, 4) is 0 Å². The number of nitrogens with zero attached hydrogens (tertiary/aromatic N) is 2. The predicted octanol–water partition coefficient (Wildman–Crippen LogP) is 2.76. The van der Waals surface area contributed by atoms with Crippen LogP contribution < -0.4 is 0 Å². The molecular weight excluding hydrogens is 212 g/mol. The molecule has 0 bridgehead atoms. The summed E-state index contributed by atoms with van der Waals surface area (Å²) < 4.78 is 1.95. The highest BCUT2D eigenvalue weighted by molar-refractivity contribution is 6.35.